The zero-order valence-corrected chi connectivity index (χ0v) is 16.0. The number of benzene rings is 2. The van der Waals surface area contributed by atoms with Crippen LogP contribution in [0.25, 0.3) is 0 Å². The zero-order valence-electron chi connectivity index (χ0n) is 14.5. The van der Waals surface area contributed by atoms with Gasteiger partial charge in [0.2, 0.25) is 0 Å². The number of sulfone groups is 1. The maximum atomic E-state index is 12.4. The van der Waals surface area contributed by atoms with Crippen molar-refractivity contribution in [1.82, 2.24) is 0 Å². The Balaban J connectivity index is 2.09. The van der Waals surface area contributed by atoms with Gasteiger partial charge in [-0.3, -0.25) is 4.79 Å². The van der Waals surface area contributed by atoms with Crippen molar-refractivity contribution < 1.29 is 17.9 Å². The standard InChI is InChI=1S/C19H21ClO4S/c1-13(2)25(22,23)12-14-4-7-16(8-5-14)18(21)11-15-6-9-19(24-3)17(20)10-15/h4-10,13H,11-12H2,1-3H3. The van der Waals surface area contributed by atoms with Crippen LogP contribution >= 0.6 is 11.6 Å². The van der Waals surface area contributed by atoms with E-state index in [1.54, 1.807) is 56.3 Å². The summed E-state index contributed by atoms with van der Waals surface area (Å²) in [5.41, 5.74) is 2.01. The Labute approximate surface area is 153 Å². The highest BCUT2D eigenvalue weighted by molar-refractivity contribution is 7.91. The monoisotopic (exact) mass is 380 g/mol. The number of carbonyl (C=O) groups is 1. The van der Waals surface area contributed by atoms with E-state index in [-0.39, 0.29) is 18.0 Å². The van der Waals surface area contributed by atoms with Crippen LogP contribution in [0.4, 0.5) is 0 Å². The topological polar surface area (TPSA) is 60.4 Å². The summed E-state index contributed by atoms with van der Waals surface area (Å²) in [6.07, 6.45) is 0.216. The van der Waals surface area contributed by atoms with Gasteiger partial charge in [0.1, 0.15) is 5.75 Å². The van der Waals surface area contributed by atoms with Gasteiger partial charge in [-0.15, -0.1) is 0 Å². The van der Waals surface area contributed by atoms with E-state index in [1.165, 1.54) is 7.11 Å². The first kappa shape index (κ1) is 19.5. The molecule has 0 N–H and O–H groups in total. The number of hydrogen-bond donors (Lipinski definition) is 0. The van der Waals surface area contributed by atoms with Crippen LogP contribution in [-0.2, 0) is 22.0 Å². The summed E-state index contributed by atoms with van der Waals surface area (Å²) >= 11 is 6.07. The van der Waals surface area contributed by atoms with Gasteiger partial charge in [-0.1, -0.05) is 41.9 Å². The molecule has 0 aliphatic carbocycles. The van der Waals surface area contributed by atoms with Crippen molar-refractivity contribution in [2.75, 3.05) is 7.11 Å². The van der Waals surface area contributed by atoms with Gasteiger partial charge in [-0.2, -0.15) is 0 Å². The first-order chi connectivity index (χ1) is 11.7. The minimum absolute atomic E-state index is 0.0206. The van der Waals surface area contributed by atoms with Crippen molar-refractivity contribution in [2.45, 2.75) is 31.3 Å². The lowest BCUT2D eigenvalue weighted by atomic mass is 10.0. The van der Waals surface area contributed by atoms with Gasteiger partial charge < -0.3 is 4.74 Å². The Morgan fingerprint density at radius 3 is 2.20 bits per heavy atom. The molecule has 134 valence electrons. The molecule has 0 heterocycles. The zero-order chi connectivity index (χ0) is 18.6. The number of methoxy groups -OCH3 is 1. The Morgan fingerprint density at radius 1 is 1.08 bits per heavy atom. The van der Waals surface area contributed by atoms with Gasteiger partial charge in [-0.05, 0) is 37.1 Å². The average molecular weight is 381 g/mol. The Bertz CT molecular complexity index is 855. The molecule has 2 aromatic carbocycles. The molecule has 0 spiro atoms. The second-order valence-corrected chi connectivity index (χ2v) is 9.09. The number of hydrogen-bond acceptors (Lipinski definition) is 4. The lowest BCUT2D eigenvalue weighted by molar-refractivity contribution is 0.0993. The summed E-state index contributed by atoms with van der Waals surface area (Å²) in [5, 5.41) is 0.0377. The van der Waals surface area contributed by atoms with E-state index in [4.69, 9.17) is 16.3 Å². The third kappa shape index (κ3) is 5.06. The fourth-order valence-electron chi connectivity index (χ4n) is 2.29. The molecular weight excluding hydrogens is 360 g/mol. The lowest BCUT2D eigenvalue weighted by Crippen LogP contribution is -2.16. The molecule has 0 saturated heterocycles. The number of ether oxygens (including phenoxy) is 1. The first-order valence-electron chi connectivity index (χ1n) is 7.89. The van der Waals surface area contributed by atoms with E-state index in [1.807, 2.05) is 0 Å². The Hall–Kier alpha value is -1.85. The van der Waals surface area contributed by atoms with Crippen LogP contribution in [0.3, 0.4) is 0 Å². The molecule has 0 unspecified atom stereocenters. The minimum Gasteiger partial charge on any atom is -0.495 e. The van der Waals surface area contributed by atoms with Gasteiger partial charge in [0, 0.05) is 12.0 Å². The fourth-order valence-corrected chi connectivity index (χ4v) is 3.56. The van der Waals surface area contributed by atoms with Gasteiger partial charge >= 0.3 is 0 Å². The molecule has 0 aliphatic rings. The minimum atomic E-state index is -3.16. The second-order valence-electron chi connectivity index (χ2n) is 6.12. The largest absolute Gasteiger partial charge is 0.495 e. The van der Waals surface area contributed by atoms with Crippen LogP contribution in [0.15, 0.2) is 42.5 Å². The van der Waals surface area contributed by atoms with Crippen LogP contribution in [0.5, 0.6) is 5.75 Å². The molecule has 0 aromatic heterocycles. The summed E-state index contributed by atoms with van der Waals surface area (Å²) in [7, 11) is -1.62. The highest BCUT2D eigenvalue weighted by atomic mass is 35.5. The Morgan fingerprint density at radius 2 is 1.68 bits per heavy atom. The molecule has 0 bridgehead atoms. The Kier molecular flexibility index (Phi) is 6.25. The number of rotatable bonds is 7. The number of halogens is 1. The third-order valence-electron chi connectivity index (χ3n) is 3.94. The summed E-state index contributed by atoms with van der Waals surface area (Å²) in [6.45, 7) is 3.32. The van der Waals surface area contributed by atoms with Crippen LogP contribution in [0, 0.1) is 0 Å². The highest BCUT2D eigenvalue weighted by Crippen LogP contribution is 2.25. The summed E-state index contributed by atoms with van der Waals surface area (Å²) in [6, 6.07) is 11.9. The maximum absolute atomic E-state index is 12.4. The van der Waals surface area contributed by atoms with Gasteiger partial charge in [0.05, 0.1) is 23.1 Å². The molecule has 0 radical (unpaired) electrons. The van der Waals surface area contributed by atoms with Crippen molar-refractivity contribution in [3.05, 3.63) is 64.2 Å². The van der Waals surface area contributed by atoms with Gasteiger partial charge in [0.15, 0.2) is 15.6 Å². The van der Waals surface area contributed by atoms with Crippen LogP contribution < -0.4 is 4.74 Å². The van der Waals surface area contributed by atoms with E-state index in [9.17, 15) is 13.2 Å². The molecule has 0 aliphatic heterocycles. The van der Waals surface area contributed by atoms with E-state index in [2.05, 4.69) is 0 Å². The van der Waals surface area contributed by atoms with E-state index >= 15 is 0 Å². The number of ketones is 1. The summed E-state index contributed by atoms with van der Waals surface area (Å²) < 4.78 is 29.0. The van der Waals surface area contributed by atoms with Gasteiger partial charge in [0.25, 0.3) is 0 Å². The van der Waals surface area contributed by atoms with Crippen LogP contribution in [0.1, 0.15) is 35.3 Å². The lowest BCUT2D eigenvalue weighted by Gasteiger charge is -2.09. The molecule has 0 atom stereocenters. The predicted octanol–water partition coefficient (Wildman–Crippen LogP) is 4.10. The second kappa shape index (κ2) is 8.02. The van der Waals surface area contributed by atoms with Crippen molar-refractivity contribution in [3.63, 3.8) is 0 Å². The SMILES string of the molecule is COc1ccc(CC(=O)c2ccc(CS(=O)(=O)C(C)C)cc2)cc1Cl. The van der Waals surface area contributed by atoms with Crippen molar-refractivity contribution in [3.8, 4) is 5.75 Å². The summed E-state index contributed by atoms with van der Waals surface area (Å²) in [5.74, 6) is 0.487. The molecule has 4 nitrogen and oxygen atoms in total. The number of carbonyl (C=O) groups excluding carboxylic acids is 1. The van der Waals surface area contributed by atoms with Crippen molar-refractivity contribution >= 4 is 27.2 Å². The molecule has 25 heavy (non-hydrogen) atoms. The molecule has 2 aromatic rings. The van der Waals surface area contributed by atoms with E-state index < -0.39 is 15.1 Å². The van der Waals surface area contributed by atoms with Crippen LogP contribution in [0.2, 0.25) is 5.02 Å². The fraction of sp³-hybridized carbons (Fsp3) is 0.316. The molecular formula is C19H21ClO4S. The average Bonchev–Trinajstić information content (AvgIpc) is 2.55. The van der Waals surface area contributed by atoms with Crippen LogP contribution in [-0.4, -0.2) is 26.6 Å². The summed E-state index contributed by atoms with van der Waals surface area (Å²) in [4.78, 5) is 12.4. The van der Waals surface area contributed by atoms with E-state index in [0.29, 0.717) is 21.9 Å². The number of Topliss-reactive ketones (excluding diaryl/α,β-unsaturated/α-hetero) is 1. The molecule has 6 heteroatoms. The highest BCUT2D eigenvalue weighted by Gasteiger charge is 2.17. The van der Waals surface area contributed by atoms with Crippen molar-refractivity contribution in [2.24, 2.45) is 0 Å². The predicted molar refractivity (Wildman–Crippen MR) is 100 cm³/mol. The molecule has 0 saturated carbocycles. The molecule has 0 fully saturated rings. The normalized spacial score (nSPS) is 11.6. The van der Waals surface area contributed by atoms with Gasteiger partial charge in [-0.25, -0.2) is 8.42 Å². The molecule has 0 amide bonds. The third-order valence-corrected chi connectivity index (χ3v) is 6.41. The first-order valence-corrected chi connectivity index (χ1v) is 9.98. The quantitative estimate of drug-likeness (QED) is 0.678. The molecule has 2 rings (SSSR count). The smallest absolute Gasteiger partial charge is 0.167 e. The van der Waals surface area contributed by atoms with Crippen molar-refractivity contribution in [1.29, 1.82) is 0 Å². The van der Waals surface area contributed by atoms with E-state index in [0.717, 1.165) is 5.56 Å². The maximum Gasteiger partial charge on any atom is 0.167 e.